The minimum atomic E-state index is -7.01. The highest BCUT2D eigenvalue weighted by Crippen LogP contribution is 2.47. The highest BCUT2D eigenvalue weighted by atomic mass is 19.4. The van der Waals surface area contributed by atoms with Crippen molar-refractivity contribution in [3.05, 3.63) is 0 Å². The van der Waals surface area contributed by atoms with Crippen LogP contribution in [0.5, 0.6) is 0 Å². The molecule has 3 nitrogen and oxygen atoms in total. The van der Waals surface area contributed by atoms with Crippen molar-refractivity contribution in [1.29, 1.82) is 0 Å². The van der Waals surface area contributed by atoms with Crippen LogP contribution in [0.3, 0.4) is 0 Å². The van der Waals surface area contributed by atoms with Crippen LogP contribution in [0.4, 0.5) is 43.9 Å². The first-order chi connectivity index (χ1) is 8.05. The van der Waals surface area contributed by atoms with Crippen molar-refractivity contribution in [2.45, 2.75) is 24.2 Å². The van der Waals surface area contributed by atoms with Crippen LogP contribution in [0.25, 0.3) is 0 Å². The molecule has 0 aromatic carbocycles. The fraction of sp³-hybridized carbons (Fsp3) is 0.667. The molecule has 112 valence electrons. The van der Waals surface area contributed by atoms with Gasteiger partial charge in [-0.2, -0.15) is 43.9 Å². The summed E-state index contributed by atoms with van der Waals surface area (Å²) in [5, 5.41) is 0. The van der Waals surface area contributed by atoms with Crippen molar-refractivity contribution in [2.75, 3.05) is 0 Å². The Hall–Kier alpha value is -1.56. The zero-order chi connectivity index (χ0) is 15.9. The van der Waals surface area contributed by atoms with Crippen molar-refractivity contribution in [1.82, 2.24) is 0 Å². The molecule has 0 bridgehead atoms. The van der Waals surface area contributed by atoms with Crippen LogP contribution >= 0.6 is 0 Å². The van der Waals surface area contributed by atoms with Crippen LogP contribution in [-0.4, -0.2) is 36.1 Å². The largest absolute Gasteiger partial charge is 0.491 e. The molecule has 0 aromatic rings. The number of esters is 2. The van der Waals surface area contributed by atoms with Gasteiger partial charge in [0.05, 0.1) is 0 Å². The van der Waals surface area contributed by atoms with Gasteiger partial charge in [0.2, 0.25) is 0 Å². The zero-order valence-electron chi connectivity index (χ0n) is 8.00. The number of carbonyl (C=O) groups excluding carboxylic acids is 2. The molecule has 0 saturated carbocycles. The van der Waals surface area contributed by atoms with E-state index in [0.29, 0.717) is 0 Å². The Bertz CT molecular complexity index is 378. The number of hydrogen-bond acceptors (Lipinski definition) is 3. The van der Waals surface area contributed by atoms with Crippen LogP contribution in [0.15, 0.2) is 0 Å². The maximum atomic E-state index is 12.4. The lowest BCUT2D eigenvalue weighted by atomic mass is 10.1. The predicted octanol–water partition coefficient (Wildman–Crippen LogP) is 2.45. The average molecular weight is 310 g/mol. The first kappa shape index (κ1) is 17.4. The molecule has 0 aliphatic heterocycles. The van der Waals surface area contributed by atoms with Gasteiger partial charge < -0.3 is 4.74 Å². The van der Waals surface area contributed by atoms with E-state index in [1.165, 1.54) is 0 Å². The number of carbonyl (C=O) groups is 2. The van der Waals surface area contributed by atoms with Gasteiger partial charge in [-0.3, -0.25) is 0 Å². The molecule has 0 rings (SSSR count). The molecular formula is C6F10O3. The second-order valence-electron chi connectivity index (χ2n) is 2.82. The van der Waals surface area contributed by atoms with Crippen molar-refractivity contribution in [3.8, 4) is 0 Å². The Kier molecular flexibility index (Phi) is 4.15. The summed E-state index contributed by atoms with van der Waals surface area (Å²) in [6.07, 6.45) is -13.0. The molecule has 0 aromatic heterocycles. The van der Waals surface area contributed by atoms with Crippen LogP contribution in [-0.2, 0) is 14.3 Å². The third kappa shape index (κ3) is 3.26. The smallest absolute Gasteiger partial charge is 0.382 e. The van der Waals surface area contributed by atoms with Gasteiger partial charge in [-0.05, 0) is 0 Å². The second-order valence-corrected chi connectivity index (χ2v) is 2.82. The maximum absolute atomic E-state index is 12.4. The second kappa shape index (κ2) is 4.52. The lowest BCUT2D eigenvalue weighted by Crippen LogP contribution is -2.57. The molecule has 0 fully saturated rings. The van der Waals surface area contributed by atoms with E-state index >= 15 is 0 Å². The van der Waals surface area contributed by atoms with Gasteiger partial charge in [-0.15, -0.1) is 0 Å². The molecule has 13 heteroatoms. The Morgan fingerprint density at radius 1 is 0.684 bits per heavy atom. The maximum Gasteiger partial charge on any atom is 0.491 e. The van der Waals surface area contributed by atoms with Gasteiger partial charge in [0.1, 0.15) is 0 Å². The summed E-state index contributed by atoms with van der Waals surface area (Å²) in [7, 11) is 0. The molecule has 0 saturated heterocycles. The summed E-state index contributed by atoms with van der Waals surface area (Å²) in [5.41, 5.74) is 0. The van der Waals surface area contributed by atoms with Crippen molar-refractivity contribution >= 4 is 11.9 Å². The Morgan fingerprint density at radius 2 is 1.05 bits per heavy atom. The zero-order valence-corrected chi connectivity index (χ0v) is 8.00. The normalized spacial score (nSPS) is 14.2. The number of halogens is 10. The van der Waals surface area contributed by atoms with Gasteiger partial charge in [0, 0.05) is 0 Å². The van der Waals surface area contributed by atoms with E-state index in [4.69, 9.17) is 0 Å². The summed E-state index contributed by atoms with van der Waals surface area (Å²) in [6.45, 7) is 0. The number of alkyl halides is 10. The van der Waals surface area contributed by atoms with Crippen molar-refractivity contribution < 1.29 is 58.2 Å². The van der Waals surface area contributed by atoms with Crippen molar-refractivity contribution in [2.24, 2.45) is 0 Å². The van der Waals surface area contributed by atoms with E-state index in [1.807, 2.05) is 0 Å². The third-order valence-electron chi connectivity index (χ3n) is 1.42. The van der Waals surface area contributed by atoms with E-state index in [2.05, 4.69) is 4.74 Å². The quantitative estimate of drug-likeness (QED) is 0.447. The van der Waals surface area contributed by atoms with E-state index in [1.54, 1.807) is 0 Å². The molecular weight excluding hydrogens is 310 g/mol. The van der Waals surface area contributed by atoms with Crippen LogP contribution in [0.2, 0.25) is 0 Å². The first-order valence-corrected chi connectivity index (χ1v) is 3.71. The minimum Gasteiger partial charge on any atom is -0.382 e. The highest BCUT2D eigenvalue weighted by Gasteiger charge is 2.77. The van der Waals surface area contributed by atoms with Gasteiger partial charge in [0.15, 0.2) is 0 Å². The first-order valence-electron chi connectivity index (χ1n) is 3.71. The van der Waals surface area contributed by atoms with Gasteiger partial charge in [0.25, 0.3) is 0 Å². The monoisotopic (exact) mass is 310 g/mol. The highest BCUT2D eigenvalue weighted by molar-refractivity contribution is 5.92. The van der Waals surface area contributed by atoms with Crippen molar-refractivity contribution in [3.63, 3.8) is 0 Å². The summed E-state index contributed by atoms with van der Waals surface area (Å²) in [6, 6.07) is 0. The van der Waals surface area contributed by atoms with Crippen LogP contribution in [0.1, 0.15) is 0 Å². The van der Waals surface area contributed by atoms with Crippen LogP contribution < -0.4 is 0 Å². The fourth-order valence-electron chi connectivity index (χ4n) is 0.512. The number of rotatable bonds is 2. The lowest BCUT2D eigenvalue weighted by Gasteiger charge is -2.25. The minimum absolute atomic E-state index is 2.23. The van der Waals surface area contributed by atoms with Gasteiger partial charge in [-0.1, -0.05) is 0 Å². The van der Waals surface area contributed by atoms with E-state index < -0.39 is 36.1 Å². The molecule has 0 heterocycles. The topological polar surface area (TPSA) is 43.4 Å². The van der Waals surface area contributed by atoms with E-state index in [0.717, 1.165) is 0 Å². The predicted molar refractivity (Wildman–Crippen MR) is 33.1 cm³/mol. The molecule has 19 heavy (non-hydrogen) atoms. The van der Waals surface area contributed by atoms with Gasteiger partial charge >= 0.3 is 36.1 Å². The Balaban J connectivity index is 5.25. The van der Waals surface area contributed by atoms with E-state index in [9.17, 15) is 53.5 Å². The molecule has 0 N–H and O–H groups in total. The van der Waals surface area contributed by atoms with Crippen LogP contribution in [0, 0.1) is 0 Å². The van der Waals surface area contributed by atoms with E-state index in [-0.39, 0.29) is 0 Å². The molecule has 0 radical (unpaired) electrons. The molecule has 0 atom stereocenters. The summed E-state index contributed by atoms with van der Waals surface area (Å²) in [5.74, 6) is -21.3. The molecule has 0 spiro atoms. The van der Waals surface area contributed by atoms with Gasteiger partial charge in [-0.25, -0.2) is 9.59 Å². The molecule has 0 aliphatic rings. The number of ether oxygens (including phenoxy) is 1. The Labute approximate surface area is 95.7 Å². The summed E-state index contributed by atoms with van der Waals surface area (Å²) < 4.78 is 120. The average Bonchev–Trinajstić information content (AvgIpc) is 2.13. The summed E-state index contributed by atoms with van der Waals surface area (Å²) in [4.78, 5) is 20.0. The molecule has 0 amide bonds. The molecule has 0 aliphatic carbocycles. The number of hydrogen-bond donors (Lipinski definition) is 0. The molecule has 0 unspecified atom stereocenters. The lowest BCUT2D eigenvalue weighted by molar-refractivity contribution is -0.348. The standard InChI is InChI=1S/C6F10O3/c7-3(8,5(12,13)6(14,15)16)1(17)19-2(18)4(9,10)11. The Morgan fingerprint density at radius 3 is 1.32 bits per heavy atom. The third-order valence-corrected chi connectivity index (χ3v) is 1.42. The SMILES string of the molecule is O=C(OC(=O)C(F)(F)C(F)(F)C(F)(F)F)C(F)(F)F. The summed E-state index contributed by atoms with van der Waals surface area (Å²) >= 11 is 0. The fourth-order valence-corrected chi connectivity index (χ4v) is 0.512.